The van der Waals surface area contributed by atoms with Gasteiger partial charge in [0.05, 0.1) is 23.4 Å². The van der Waals surface area contributed by atoms with E-state index in [1.807, 2.05) is 6.07 Å². The van der Waals surface area contributed by atoms with Gasteiger partial charge in [0, 0.05) is 16.7 Å². The third kappa shape index (κ3) is 5.73. The second-order valence-corrected chi connectivity index (χ2v) is 15.2. The SMILES string of the molecule is [C-]#[N+]c1ccc2c(c1)-c1cc(-c3ccc(-c4cc(-c5ccc6ccccc6c5)nc(-c5ccc6ccccc6c5)n4)cc3)ccc1C2(c1ccccc1)c1ccccc1. The molecule has 3 heteroatoms. The van der Waals surface area contributed by atoms with Crippen LogP contribution in [0.1, 0.15) is 22.3 Å². The molecule has 274 valence electrons. The fraction of sp³-hybridized carbons (Fsp3) is 0.0179. The predicted molar refractivity (Wildman–Crippen MR) is 242 cm³/mol. The zero-order chi connectivity index (χ0) is 39.3. The van der Waals surface area contributed by atoms with Crippen molar-refractivity contribution < 1.29 is 0 Å². The average Bonchev–Trinajstić information content (AvgIpc) is 3.61. The molecule has 9 aromatic carbocycles. The van der Waals surface area contributed by atoms with Crippen molar-refractivity contribution >= 4 is 27.2 Å². The highest BCUT2D eigenvalue weighted by atomic mass is 14.9. The number of aromatic nitrogens is 2. The molecule has 59 heavy (non-hydrogen) atoms. The van der Waals surface area contributed by atoms with Crippen LogP contribution in [0.4, 0.5) is 5.69 Å². The molecule has 0 aliphatic heterocycles. The molecule has 0 fully saturated rings. The van der Waals surface area contributed by atoms with Gasteiger partial charge < -0.3 is 0 Å². The maximum Gasteiger partial charge on any atom is 0.187 e. The number of nitrogens with zero attached hydrogens (tertiary/aromatic N) is 3. The van der Waals surface area contributed by atoms with Crippen molar-refractivity contribution in [2.45, 2.75) is 5.41 Å². The van der Waals surface area contributed by atoms with Gasteiger partial charge in [-0.2, -0.15) is 0 Å². The molecule has 1 aliphatic rings. The Kier molecular flexibility index (Phi) is 8.10. The highest BCUT2D eigenvalue weighted by Crippen LogP contribution is 2.57. The highest BCUT2D eigenvalue weighted by Gasteiger charge is 2.46. The topological polar surface area (TPSA) is 30.1 Å². The van der Waals surface area contributed by atoms with E-state index in [1.165, 1.54) is 38.4 Å². The summed E-state index contributed by atoms with van der Waals surface area (Å²) in [5.41, 5.74) is 14.2. The van der Waals surface area contributed by atoms with E-state index in [0.717, 1.165) is 55.7 Å². The van der Waals surface area contributed by atoms with Crippen molar-refractivity contribution in [3.63, 3.8) is 0 Å². The number of hydrogen-bond donors (Lipinski definition) is 0. The maximum atomic E-state index is 7.89. The van der Waals surface area contributed by atoms with Gasteiger partial charge in [-0.1, -0.05) is 182 Å². The van der Waals surface area contributed by atoms with Crippen molar-refractivity contribution in [1.82, 2.24) is 9.97 Å². The summed E-state index contributed by atoms with van der Waals surface area (Å²) < 4.78 is 0. The van der Waals surface area contributed by atoms with Crippen LogP contribution in [-0.2, 0) is 5.41 Å². The van der Waals surface area contributed by atoms with Crippen LogP contribution >= 0.6 is 0 Å². The molecule has 0 atom stereocenters. The van der Waals surface area contributed by atoms with E-state index >= 15 is 0 Å². The van der Waals surface area contributed by atoms with Crippen LogP contribution in [0.15, 0.2) is 212 Å². The Morgan fingerprint density at radius 1 is 0.356 bits per heavy atom. The maximum absolute atomic E-state index is 7.89. The predicted octanol–water partition coefficient (Wildman–Crippen LogP) is 14.4. The summed E-state index contributed by atoms with van der Waals surface area (Å²) >= 11 is 0. The Balaban J connectivity index is 1.03. The molecule has 0 unspecified atom stereocenters. The summed E-state index contributed by atoms with van der Waals surface area (Å²) in [6.07, 6.45) is 0. The molecule has 0 saturated heterocycles. The lowest BCUT2D eigenvalue weighted by Gasteiger charge is -2.34. The first kappa shape index (κ1) is 34.3. The van der Waals surface area contributed by atoms with Crippen LogP contribution in [0.5, 0.6) is 0 Å². The largest absolute Gasteiger partial charge is 0.238 e. The number of benzene rings is 9. The van der Waals surface area contributed by atoms with Crippen molar-refractivity contribution in [3.8, 4) is 56.2 Å². The standard InChI is InChI=1S/C56H35N3/c1-57-48-29-31-52-50(35-48)49-34-43(28-30-51(49)56(52,46-16-4-2-5-17-46)47-18-6-3-7-19-47)39-20-24-40(25-21-39)53-36-54(44-26-22-37-12-8-10-14-41(37)32-44)59-55(58-53)45-27-23-38-13-9-11-15-42(38)33-45/h2-36H. The molecule has 0 saturated carbocycles. The summed E-state index contributed by atoms with van der Waals surface area (Å²) in [6, 6.07) is 75.2. The Hall–Kier alpha value is -7.93. The van der Waals surface area contributed by atoms with Crippen LogP contribution in [0.25, 0.3) is 82.5 Å². The molecular weight excluding hydrogens is 715 g/mol. The van der Waals surface area contributed by atoms with E-state index in [1.54, 1.807) is 0 Å². The number of fused-ring (bicyclic) bond motifs is 5. The Bertz CT molecular complexity index is 3130. The zero-order valence-corrected chi connectivity index (χ0v) is 32.0. The Morgan fingerprint density at radius 3 is 1.46 bits per heavy atom. The minimum absolute atomic E-state index is 0.519. The highest BCUT2D eigenvalue weighted by molar-refractivity contribution is 5.92. The second kappa shape index (κ2) is 13.9. The van der Waals surface area contributed by atoms with Gasteiger partial charge in [0.25, 0.3) is 0 Å². The zero-order valence-electron chi connectivity index (χ0n) is 32.0. The van der Waals surface area contributed by atoms with E-state index in [9.17, 15) is 0 Å². The van der Waals surface area contributed by atoms with Gasteiger partial charge in [0.15, 0.2) is 11.5 Å². The molecular formula is C56H35N3. The molecule has 0 radical (unpaired) electrons. The Labute approximate surface area is 343 Å². The molecule has 1 aliphatic carbocycles. The van der Waals surface area contributed by atoms with Crippen molar-refractivity contribution in [2.24, 2.45) is 0 Å². The van der Waals surface area contributed by atoms with Crippen LogP contribution < -0.4 is 0 Å². The quantitative estimate of drug-likeness (QED) is 0.158. The molecule has 0 amide bonds. The lowest BCUT2D eigenvalue weighted by atomic mass is 9.67. The lowest BCUT2D eigenvalue weighted by Crippen LogP contribution is -2.28. The van der Waals surface area contributed by atoms with E-state index in [0.29, 0.717) is 11.5 Å². The fourth-order valence-electron chi connectivity index (χ4n) is 9.12. The third-order valence-electron chi connectivity index (χ3n) is 12.0. The monoisotopic (exact) mass is 749 g/mol. The summed E-state index contributed by atoms with van der Waals surface area (Å²) in [5, 5.41) is 4.71. The summed E-state index contributed by atoms with van der Waals surface area (Å²) in [4.78, 5) is 14.2. The molecule has 0 bridgehead atoms. The first-order chi connectivity index (χ1) is 29.2. The summed E-state index contributed by atoms with van der Waals surface area (Å²) in [6.45, 7) is 7.89. The van der Waals surface area contributed by atoms with Gasteiger partial charge in [0.2, 0.25) is 0 Å². The first-order valence-electron chi connectivity index (χ1n) is 19.9. The lowest BCUT2D eigenvalue weighted by molar-refractivity contribution is 0.768. The van der Waals surface area contributed by atoms with E-state index in [4.69, 9.17) is 16.5 Å². The molecule has 1 heterocycles. The van der Waals surface area contributed by atoms with Crippen LogP contribution in [0, 0.1) is 6.57 Å². The number of rotatable bonds is 6. The van der Waals surface area contributed by atoms with Gasteiger partial charge in [-0.15, -0.1) is 0 Å². The third-order valence-corrected chi connectivity index (χ3v) is 12.0. The molecule has 3 nitrogen and oxygen atoms in total. The van der Waals surface area contributed by atoms with E-state index in [-0.39, 0.29) is 0 Å². The minimum Gasteiger partial charge on any atom is -0.238 e. The second-order valence-electron chi connectivity index (χ2n) is 15.2. The molecule has 0 N–H and O–H groups in total. The van der Waals surface area contributed by atoms with E-state index < -0.39 is 5.41 Å². The van der Waals surface area contributed by atoms with Crippen LogP contribution in [-0.4, -0.2) is 9.97 Å². The van der Waals surface area contributed by atoms with Gasteiger partial charge in [-0.25, -0.2) is 14.8 Å². The van der Waals surface area contributed by atoms with Crippen molar-refractivity contribution in [3.05, 3.63) is 246 Å². The molecule has 10 aromatic rings. The fourth-order valence-corrected chi connectivity index (χ4v) is 9.12. The first-order valence-corrected chi connectivity index (χ1v) is 19.9. The number of hydrogen-bond acceptors (Lipinski definition) is 2. The smallest absolute Gasteiger partial charge is 0.187 e. The minimum atomic E-state index is -0.519. The van der Waals surface area contributed by atoms with Gasteiger partial charge >= 0.3 is 0 Å². The van der Waals surface area contributed by atoms with Crippen LogP contribution in [0.3, 0.4) is 0 Å². The average molecular weight is 750 g/mol. The van der Waals surface area contributed by atoms with Crippen molar-refractivity contribution in [2.75, 3.05) is 0 Å². The molecule has 1 aromatic heterocycles. The van der Waals surface area contributed by atoms with Crippen molar-refractivity contribution in [1.29, 1.82) is 0 Å². The van der Waals surface area contributed by atoms with E-state index in [2.05, 4.69) is 211 Å². The van der Waals surface area contributed by atoms with Gasteiger partial charge in [0.1, 0.15) is 0 Å². The summed E-state index contributed by atoms with van der Waals surface area (Å²) in [5.74, 6) is 0.692. The Morgan fingerprint density at radius 2 is 0.831 bits per heavy atom. The molecule has 0 spiro atoms. The van der Waals surface area contributed by atoms with Crippen LogP contribution in [0.2, 0.25) is 0 Å². The normalized spacial score (nSPS) is 12.5. The van der Waals surface area contributed by atoms with Gasteiger partial charge in [-0.05, 0) is 96.4 Å². The summed E-state index contributed by atoms with van der Waals surface area (Å²) in [7, 11) is 0. The molecule has 11 rings (SSSR count). The van der Waals surface area contributed by atoms with Gasteiger partial charge in [-0.3, -0.25) is 0 Å².